The molecule has 0 aromatic carbocycles. The Hall–Kier alpha value is -2.00. The van der Waals surface area contributed by atoms with Crippen LogP contribution in [0, 0.1) is 0 Å². The second-order valence-electron chi connectivity index (χ2n) is 4.27. The molecule has 108 valence electrons. The van der Waals surface area contributed by atoms with Crippen molar-refractivity contribution in [1.29, 1.82) is 0 Å². The molecule has 0 bridgehead atoms. The van der Waals surface area contributed by atoms with Crippen molar-refractivity contribution in [2.45, 2.75) is 17.9 Å². The molecule has 0 saturated carbocycles. The highest BCUT2D eigenvalue weighted by molar-refractivity contribution is 7.89. The molecular formula is C11H16N6O2S. The summed E-state index contributed by atoms with van der Waals surface area (Å²) in [6.07, 6.45) is 2.96. The third kappa shape index (κ3) is 2.94. The number of aromatic nitrogens is 4. The number of pyridine rings is 1. The SMILES string of the molecule is CNc1cc(S(=O)(=O)NC(C)c2nncn2C)ccn1. The Balaban J connectivity index is 2.25. The van der Waals surface area contributed by atoms with Crippen molar-refractivity contribution in [3.05, 3.63) is 30.5 Å². The van der Waals surface area contributed by atoms with E-state index in [1.165, 1.54) is 24.7 Å². The van der Waals surface area contributed by atoms with Crippen LogP contribution in [0.4, 0.5) is 5.82 Å². The van der Waals surface area contributed by atoms with Gasteiger partial charge in [-0.3, -0.25) is 0 Å². The fraction of sp³-hybridized carbons (Fsp3) is 0.364. The Morgan fingerprint density at radius 3 is 2.75 bits per heavy atom. The number of sulfonamides is 1. The zero-order valence-electron chi connectivity index (χ0n) is 11.4. The second kappa shape index (κ2) is 5.55. The topological polar surface area (TPSA) is 102 Å². The molecule has 9 heteroatoms. The van der Waals surface area contributed by atoms with Crippen molar-refractivity contribution in [2.24, 2.45) is 7.05 Å². The zero-order valence-corrected chi connectivity index (χ0v) is 12.2. The zero-order chi connectivity index (χ0) is 14.8. The van der Waals surface area contributed by atoms with Gasteiger partial charge in [0.25, 0.3) is 0 Å². The van der Waals surface area contributed by atoms with E-state index >= 15 is 0 Å². The quantitative estimate of drug-likeness (QED) is 0.822. The first-order valence-electron chi connectivity index (χ1n) is 5.94. The highest BCUT2D eigenvalue weighted by atomic mass is 32.2. The highest BCUT2D eigenvalue weighted by Gasteiger charge is 2.21. The lowest BCUT2D eigenvalue weighted by Crippen LogP contribution is -2.28. The summed E-state index contributed by atoms with van der Waals surface area (Å²) < 4.78 is 28.8. The van der Waals surface area contributed by atoms with E-state index in [-0.39, 0.29) is 4.90 Å². The molecule has 1 unspecified atom stereocenters. The average molecular weight is 296 g/mol. The maximum Gasteiger partial charge on any atom is 0.241 e. The van der Waals surface area contributed by atoms with E-state index in [2.05, 4.69) is 25.2 Å². The summed E-state index contributed by atoms with van der Waals surface area (Å²) in [7, 11) is -0.215. The van der Waals surface area contributed by atoms with Crippen LogP contribution in [-0.2, 0) is 17.1 Å². The number of rotatable bonds is 5. The van der Waals surface area contributed by atoms with Crippen molar-refractivity contribution in [3.8, 4) is 0 Å². The maximum atomic E-state index is 12.3. The molecular weight excluding hydrogens is 280 g/mol. The van der Waals surface area contributed by atoms with Crippen LogP contribution in [0.1, 0.15) is 18.8 Å². The molecule has 1 atom stereocenters. The molecule has 0 spiro atoms. The van der Waals surface area contributed by atoms with Crippen molar-refractivity contribution < 1.29 is 8.42 Å². The van der Waals surface area contributed by atoms with Gasteiger partial charge in [0.05, 0.1) is 10.9 Å². The van der Waals surface area contributed by atoms with E-state index < -0.39 is 16.1 Å². The van der Waals surface area contributed by atoms with Crippen LogP contribution in [0.15, 0.2) is 29.6 Å². The van der Waals surface area contributed by atoms with Crippen molar-refractivity contribution in [2.75, 3.05) is 12.4 Å². The molecule has 2 aromatic heterocycles. The summed E-state index contributed by atoms with van der Waals surface area (Å²) in [5, 5.41) is 10.4. The smallest absolute Gasteiger partial charge is 0.241 e. The Morgan fingerprint density at radius 1 is 1.40 bits per heavy atom. The van der Waals surface area contributed by atoms with Gasteiger partial charge < -0.3 is 9.88 Å². The molecule has 2 rings (SSSR count). The number of hydrogen-bond donors (Lipinski definition) is 2. The second-order valence-corrected chi connectivity index (χ2v) is 5.98. The predicted octanol–water partition coefficient (Wildman–Crippen LogP) is 0.291. The van der Waals surface area contributed by atoms with Gasteiger partial charge in [-0.25, -0.2) is 18.1 Å². The minimum Gasteiger partial charge on any atom is -0.373 e. The number of hydrogen-bond acceptors (Lipinski definition) is 6. The molecule has 20 heavy (non-hydrogen) atoms. The summed E-state index contributed by atoms with van der Waals surface area (Å²) in [5.74, 6) is 1.02. The summed E-state index contributed by atoms with van der Waals surface area (Å²) >= 11 is 0. The predicted molar refractivity (Wildman–Crippen MR) is 73.5 cm³/mol. The largest absolute Gasteiger partial charge is 0.373 e. The normalized spacial score (nSPS) is 13.2. The first kappa shape index (κ1) is 14.4. The molecule has 2 aromatic rings. The minimum absolute atomic E-state index is 0.144. The number of nitrogens with zero attached hydrogens (tertiary/aromatic N) is 4. The van der Waals surface area contributed by atoms with E-state index in [9.17, 15) is 8.42 Å². The summed E-state index contributed by atoms with van der Waals surface area (Å²) in [4.78, 5) is 4.13. The Morgan fingerprint density at radius 2 is 2.15 bits per heavy atom. The minimum atomic E-state index is -3.65. The Bertz CT molecular complexity index is 696. The lowest BCUT2D eigenvalue weighted by Gasteiger charge is -2.13. The standard InChI is InChI=1S/C11H16N6O2S/c1-8(11-15-14-7-17(11)3)16-20(18,19)9-4-5-13-10(6-9)12-2/h4-8,16H,1-3H3,(H,12,13). The summed E-state index contributed by atoms with van der Waals surface area (Å²) in [6.45, 7) is 1.71. The molecule has 0 aliphatic rings. The van der Waals surface area contributed by atoms with E-state index in [1.54, 1.807) is 25.6 Å². The van der Waals surface area contributed by atoms with Gasteiger partial charge in [0, 0.05) is 26.4 Å². The van der Waals surface area contributed by atoms with Gasteiger partial charge in [-0.2, -0.15) is 0 Å². The van der Waals surface area contributed by atoms with Gasteiger partial charge in [-0.05, 0) is 13.0 Å². The monoisotopic (exact) mass is 296 g/mol. The first-order valence-corrected chi connectivity index (χ1v) is 7.42. The van der Waals surface area contributed by atoms with Crippen molar-refractivity contribution in [3.63, 3.8) is 0 Å². The van der Waals surface area contributed by atoms with Crippen LogP contribution in [0.2, 0.25) is 0 Å². The molecule has 0 aliphatic carbocycles. The van der Waals surface area contributed by atoms with E-state index in [0.717, 1.165) is 0 Å². The van der Waals surface area contributed by atoms with Crippen LogP contribution >= 0.6 is 0 Å². The molecule has 0 aliphatic heterocycles. The van der Waals surface area contributed by atoms with Crippen LogP contribution in [0.5, 0.6) is 0 Å². The van der Waals surface area contributed by atoms with Crippen molar-refractivity contribution >= 4 is 15.8 Å². The fourth-order valence-corrected chi connectivity index (χ4v) is 2.97. The summed E-state index contributed by atoms with van der Waals surface area (Å²) in [6, 6.07) is 2.41. The van der Waals surface area contributed by atoms with Crippen LogP contribution in [-0.4, -0.2) is 35.2 Å². The van der Waals surface area contributed by atoms with Gasteiger partial charge in [-0.1, -0.05) is 0 Å². The maximum absolute atomic E-state index is 12.3. The third-order valence-corrected chi connectivity index (χ3v) is 4.30. The summed E-state index contributed by atoms with van der Waals surface area (Å²) in [5.41, 5.74) is 0. The fourth-order valence-electron chi connectivity index (χ4n) is 1.75. The van der Waals surface area contributed by atoms with Gasteiger partial charge in [0.1, 0.15) is 18.0 Å². The van der Waals surface area contributed by atoms with Crippen LogP contribution in [0.25, 0.3) is 0 Å². The molecule has 2 N–H and O–H groups in total. The lowest BCUT2D eigenvalue weighted by atomic mass is 10.3. The van der Waals surface area contributed by atoms with Gasteiger partial charge >= 0.3 is 0 Å². The highest BCUT2D eigenvalue weighted by Crippen LogP contribution is 2.16. The van der Waals surface area contributed by atoms with Gasteiger partial charge in [0.15, 0.2) is 0 Å². The molecule has 8 nitrogen and oxygen atoms in total. The first-order chi connectivity index (χ1) is 9.44. The number of aryl methyl sites for hydroxylation is 1. The lowest BCUT2D eigenvalue weighted by molar-refractivity contribution is 0.553. The third-order valence-electron chi connectivity index (χ3n) is 2.76. The van der Waals surface area contributed by atoms with E-state index in [0.29, 0.717) is 11.6 Å². The molecule has 0 amide bonds. The Labute approximate surface area is 117 Å². The van der Waals surface area contributed by atoms with Crippen molar-refractivity contribution in [1.82, 2.24) is 24.5 Å². The Kier molecular flexibility index (Phi) is 4.00. The number of nitrogens with one attached hydrogen (secondary N) is 2. The van der Waals surface area contributed by atoms with Crippen LogP contribution < -0.4 is 10.0 Å². The van der Waals surface area contributed by atoms with Gasteiger partial charge in [0.2, 0.25) is 10.0 Å². The number of anilines is 1. The average Bonchev–Trinajstić information content (AvgIpc) is 2.84. The van der Waals surface area contributed by atoms with Gasteiger partial charge in [-0.15, -0.1) is 10.2 Å². The molecule has 0 radical (unpaired) electrons. The molecule has 0 fully saturated rings. The van der Waals surface area contributed by atoms with E-state index in [4.69, 9.17) is 0 Å². The van der Waals surface area contributed by atoms with Crippen LogP contribution in [0.3, 0.4) is 0 Å². The molecule has 0 saturated heterocycles. The van der Waals surface area contributed by atoms with E-state index in [1.807, 2.05) is 0 Å². The molecule has 2 heterocycles.